The van der Waals surface area contributed by atoms with Gasteiger partial charge in [0, 0.05) is 24.4 Å². The lowest BCUT2D eigenvalue weighted by Crippen LogP contribution is -2.29. The average Bonchev–Trinajstić information content (AvgIpc) is 2.86. The van der Waals surface area contributed by atoms with E-state index in [4.69, 9.17) is 4.74 Å². The monoisotopic (exact) mass is 344 g/mol. The van der Waals surface area contributed by atoms with Crippen LogP contribution in [0.15, 0.2) is 0 Å². The highest BCUT2D eigenvalue weighted by atomic mass is 32.1. The summed E-state index contributed by atoms with van der Waals surface area (Å²) in [7, 11) is 0. The number of aromatic nitrogens is 1. The van der Waals surface area contributed by atoms with Gasteiger partial charge >= 0.3 is 0 Å². The van der Waals surface area contributed by atoms with E-state index in [1.807, 2.05) is 0 Å². The Morgan fingerprint density at radius 3 is 2.74 bits per heavy atom. The predicted molar refractivity (Wildman–Crippen MR) is 88.7 cm³/mol. The van der Waals surface area contributed by atoms with E-state index in [0.29, 0.717) is 5.19 Å². The second kappa shape index (κ2) is 8.38. The molecule has 2 heterocycles. The van der Waals surface area contributed by atoms with Crippen LogP contribution in [0, 0.1) is 5.92 Å². The number of hydrogen-bond donors (Lipinski definition) is 0. The van der Waals surface area contributed by atoms with Crippen molar-refractivity contribution < 1.29 is 13.5 Å². The van der Waals surface area contributed by atoms with E-state index in [1.54, 1.807) is 0 Å². The van der Waals surface area contributed by atoms with Crippen LogP contribution in [0.2, 0.25) is 0 Å². The van der Waals surface area contributed by atoms with Crippen molar-refractivity contribution in [3.05, 3.63) is 10.6 Å². The van der Waals surface area contributed by atoms with Crippen LogP contribution in [-0.4, -0.2) is 42.6 Å². The molecule has 0 unspecified atom stereocenters. The standard InChI is InChI=1S/C17H26F2N2OS/c18-16(19)12-22-17-20-14-7-10-21(11-8-15(14)23-17)9-6-13-4-2-1-3-5-13/h13,16H,1-12H2. The van der Waals surface area contributed by atoms with Gasteiger partial charge in [0.15, 0.2) is 6.61 Å². The first kappa shape index (κ1) is 17.1. The molecule has 3 nitrogen and oxygen atoms in total. The minimum absolute atomic E-state index is 0.408. The van der Waals surface area contributed by atoms with E-state index in [2.05, 4.69) is 9.88 Å². The molecule has 0 spiro atoms. The molecule has 0 N–H and O–H groups in total. The van der Waals surface area contributed by atoms with Crippen molar-refractivity contribution in [2.24, 2.45) is 5.92 Å². The molecule has 6 heteroatoms. The quantitative estimate of drug-likeness (QED) is 0.775. The number of halogens is 2. The summed E-state index contributed by atoms with van der Waals surface area (Å²) in [4.78, 5) is 8.16. The van der Waals surface area contributed by atoms with Crippen molar-refractivity contribution in [3.63, 3.8) is 0 Å². The first-order chi connectivity index (χ1) is 11.2. The average molecular weight is 344 g/mol. The highest BCUT2D eigenvalue weighted by Gasteiger charge is 2.21. The Hall–Kier alpha value is -0.750. The Morgan fingerprint density at radius 2 is 1.96 bits per heavy atom. The summed E-state index contributed by atoms with van der Waals surface area (Å²) in [6.45, 7) is 2.71. The Bertz CT molecular complexity index is 463. The van der Waals surface area contributed by atoms with Crippen LogP contribution in [0.3, 0.4) is 0 Å². The lowest BCUT2D eigenvalue weighted by Gasteiger charge is -2.26. The Labute approximate surface area is 141 Å². The second-order valence-electron chi connectivity index (χ2n) is 6.69. The smallest absolute Gasteiger partial charge is 0.273 e. The minimum Gasteiger partial charge on any atom is -0.464 e. The SMILES string of the molecule is FC(F)COc1nc2c(s1)CCN(CCC1CCCCC1)CC2. The minimum atomic E-state index is -2.44. The van der Waals surface area contributed by atoms with E-state index >= 15 is 0 Å². The summed E-state index contributed by atoms with van der Waals surface area (Å²) in [5.41, 5.74) is 1.06. The molecule has 1 saturated carbocycles. The van der Waals surface area contributed by atoms with Gasteiger partial charge in [-0.1, -0.05) is 43.4 Å². The van der Waals surface area contributed by atoms with Gasteiger partial charge in [0.2, 0.25) is 0 Å². The molecule has 0 saturated heterocycles. The lowest BCUT2D eigenvalue weighted by molar-refractivity contribution is 0.0816. The third-order valence-corrected chi connectivity index (χ3v) is 6.06. The molecule has 2 aliphatic rings. The van der Waals surface area contributed by atoms with Crippen molar-refractivity contribution in [2.45, 2.75) is 57.8 Å². The maximum atomic E-state index is 12.2. The van der Waals surface area contributed by atoms with Crippen LogP contribution >= 0.6 is 11.3 Å². The van der Waals surface area contributed by atoms with Crippen LogP contribution in [0.4, 0.5) is 8.78 Å². The maximum Gasteiger partial charge on any atom is 0.273 e. The fourth-order valence-electron chi connectivity index (χ4n) is 3.65. The van der Waals surface area contributed by atoms with Gasteiger partial charge in [-0.05, 0) is 25.3 Å². The summed E-state index contributed by atoms with van der Waals surface area (Å²) < 4.78 is 29.5. The molecule has 1 aliphatic carbocycles. The number of thiazole rings is 1. The van der Waals surface area contributed by atoms with E-state index in [-0.39, 0.29) is 0 Å². The number of ether oxygens (including phenoxy) is 1. The molecular weight excluding hydrogens is 318 g/mol. The largest absolute Gasteiger partial charge is 0.464 e. The van der Waals surface area contributed by atoms with Gasteiger partial charge in [0.05, 0.1) is 5.69 Å². The van der Waals surface area contributed by atoms with Crippen LogP contribution in [0.25, 0.3) is 0 Å². The van der Waals surface area contributed by atoms with Crippen molar-refractivity contribution in [3.8, 4) is 5.19 Å². The van der Waals surface area contributed by atoms with Crippen LogP contribution < -0.4 is 4.74 Å². The normalized spacial score (nSPS) is 20.5. The fraction of sp³-hybridized carbons (Fsp3) is 0.824. The van der Waals surface area contributed by atoms with Crippen molar-refractivity contribution in [1.82, 2.24) is 9.88 Å². The predicted octanol–water partition coefficient (Wildman–Crippen LogP) is 4.16. The van der Waals surface area contributed by atoms with E-state index in [1.165, 1.54) is 61.3 Å². The van der Waals surface area contributed by atoms with Crippen LogP contribution in [-0.2, 0) is 12.8 Å². The third-order valence-electron chi connectivity index (χ3n) is 4.99. The van der Waals surface area contributed by atoms with Gasteiger partial charge in [-0.15, -0.1) is 0 Å². The summed E-state index contributed by atoms with van der Waals surface area (Å²) in [6, 6.07) is 0. The molecule has 130 valence electrons. The number of hydrogen-bond acceptors (Lipinski definition) is 4. The van der Waals surface area contributed by atoms with Gasteiger partial charge in [-0.2, -0.15) is 0 Å². The molecule has 0 amide bonds. The Kier molecular flexibility index (Phi) is 6.22. The Morgan fingerprint density at radius 1 is 1.17 bits per heavy atom. The highest BCUT2D eigenvalue weighted by Crippen LogP contribution is 2.29. The molecule has 1 aliphatic heterocycles. The summed E-state index contributed by atoms with van der Waals surface area (Å²) in [5, 5.41) is 0.408. The molecule has 0 bridgehead atoms. The molecule has 1 fully saturated rings. The first-order valence-electron chi connectivity index (χ1n) is 8.82. The summed E-state index contributed by atoms with van der Waals surface area (Å²) in [5.74, 6) is 0.925. The maximum absolute atomic E-state index is 12.2. The fourth-order valence-corrected chi connectivity index (χ4v) is 4.60. The Balaban J connectivity index is 1.45. The van der Waals surface area contributed by atoms with E-state index < -0.39 is 13.0 Å². The number of fused-ring (bicyclic) bond motifs is 1. The number of rotatable bonds is 6. The molecule has 23 heavy (non-hydrogen) atoms. The number of alkyl halides is 2. The van der Waals surface area contributed by atoms with E-state index in [0.717, 1.165) is 37.5 Å². The van der Waals surface area contributed by atoms with E-state index in [9.17, 15) is 8.78 Å². The molecule has 1 aromatic heterocycles. The lowest BCUT2D eigenvalue weighted by atomic mass is 9.87. The zero-order valence-corrected chi connectivity index (χ0v) is 14.4. The highest BCUT2D eigenvalue weighted by molar-refractivity contribution is 7.13. The van der Waals surface area contributed by atoms with Crippen molar-refractivity contribution >= 4 is 11.3 Å². The van der Waals surface area contributed by atoms with Crippen molar-refractivity contribution in [2.75, 3.05) is 26.2 Å². The van der Waals surface area contributed by atoms with Gasteiger partial charge in [-0.3, -0.25) is 0 Å². The topological polar surface area (TPSA) is 25.4 Å². The van der Waals surface area contributed by atoms with Crippen LogP contribution in [0.1, 0.15) is 49.1 Å². The molecule has 0 aromatic carbocycles. The summed E-state index contributed by atoms with van der Waals surface area (Å²) in [6.07, 6.45) is 7.83. The first-order valence-corrected chi connectivity index (χ1v) is 9.64. The molecule has 0 radical (unpaired) electrons. The van der Waals surface area contributed by atoms with Gasteiger partial charge in [0.25, 0.3) is 11.6 Å². The molecular formula is C17H26F2N2OS. The second-order valence-corrected chi connectivity index (χ2v) is 7.73. The zero-order valence-electron chi connectivity index (χ0n) is 13.6. The molecule has 1 aromatic rings. The van der Waals surface area contributed by atoms with Crippen LogP contribution in [0.5, 0.6) is 5.19 Å². The molecule has 3 rings (SSSR count). The molecule has 0 atom stereocenters. The summed E-state index contributed by atoms with van der Waals surface area (Å²) >= 11 is 1.45. The van der Waals surface area contributed by atoms with Gasteiger partial charge in [0.1, 0.15) is 0 Å². The third kappa shape index (κ3) is 5.11. The van der Waals surface area contributed by atoms with Gasteiger partial charge in [-0.25, -0.2) is 13.8 Å². The zero-order chi connectivity index (χ0) is 16.1. The number of nitrogens with zero attached hydrogens (tertiary/aromatic N) is 2. The van der Waals surface area contributed by atoms with Crippen molar-refractivity contribution in [1.29, 1.82) is 0 Å². The van der Waals surface area contributed by atoms with Gasteiger partial charge < -0.3 is 9.64 Å².